The number of nitrogens with zero attached hydrogens (tertiary/aromatic N) is 2. The Morgan fingerprint density at radius 3 is 2.61 bits per heavy atom. The number of aromatic nitrogens is 2. The summed E-state index contributed by atoms with van der Waals surface area (Å²) in [6.07, 6.45) is 0.580. The number of fused-ring (bicyclic) bond motifs is 2. The van der Waals surface area contributed by atoms with Gasteiger partial charge in [0.1, 0.15) is 23.6 Å². The lowest BCUT2D eigenvalue weighted by atomic mass is 9.76. The van der Waals surface area contributed by atoms with Gasteiger partial charge < -0.3 is 24.6 Å². The molecule has 0 aliphatic carbocycles. The highest BCUT2D eigenvalue weighted by atomic mass is 32.5. The SMILES string of the molecule is Cc1cn([C@@H]2O[C@@]3(CC(C)(C)C)CCO[C@H]2C3OP(O)(=S)OC(C)(C)C)c(=O)nc1N. The van der Waals surface area contributed by atoms with Gasteiger partial charge in [0.2, 0.25) is 0 Å². The second-order valence-corrected chi connectivity index (χ2v) is 13.3. The van der Waals surface area contributed by atoms with Crippen LogP contribution < -0.4 is 11.4 Å². The predicted molar refractivity (Wildman–Crippen MR) is 121 cm³/mol. The molecule has 0 radical (unpaired) electrons. The van der Waals surface area contributed by atoms with Crippen LogP contribution in [0.1, 0.15) is 66.2 Å². The summed E-state index contributed by atoms with van der Waals surface area (Å²) < 4.78 is 25.7. The van der Waals surface area contributed by atoms with Crippen molar-refractivity contribution >= 4 is 24.3 Å². The van der Waals surface area contributed by atoms with Crippen LogP contribution in [-0.2, 0) is 30.3 Å². The topological polar surface area (TPSA) is 118 Å². The Labute approximate surface area is 188 Å². The molecule has 0 spiro atoms. The van der Waals surface area contributed by atoms with Crippen molar-refractivity contribution in [3.63, 3.8) is 0 Å². The molecule has 0 aromatic carbocycles. The molecule has 176 valence electrons. The van der Waals surface area contributed by atoms with Crippen molar-refractivity contribution in [1.82, 2.24) is 9.55 Å². The molecule has 11 heteroatoms. The van der Waals surface area contributed by atoms with Crippen molar-refractivity contribution in [1.29, 1.82) is 0 Å². The molecule has 9 nitrogen and oxygen atoms in total. The zero-order chi connectivity index (χ0) is 23.4. The highest BCUT2D eigenvalue weighted by Gasteiger charge is 2.62. The van der Waals surface area contributed by atoms with Gasteiger partial charge in [-0.15, -0.1) is 0 Å². The normalized spacial score (nSPS) is 30.9. The molecular weight excluding hydrogens is 441 g/mol. The van der Waals surface area contributed by atoms with E-state index in [9.17, 15) is 9.69 Å². The van der Waals surface area contributed by atoms with Crippen LogP contribution in [0, 0.1) is 12.3 Å². The van der Waals surface area contributed by atoms with Crippen molar-refractivity contribution in [2.45, 2.75) is 90.9 Å². The summed E-state index contributed by atoms with van der Waals surface area (Å²) >= 11 is 5.33. The van der Waals surface area contributed by atoms with Gasteiger partial charge in [0.05, 0.1) is 12.2 Å². The summed E-state index contributed by atoms with van der Waals surface area (Å²) in [4.78, 5) is 27.4. The fourth-order valence-electron chi connectivity index (χ4n) is 4.33. The predicted octanol–water partition coefficient (Wildman–Crippen LogP) is 3.04. The van der Waals surface area contributed by atoms with Gasteiger partial charge in [0.25, 0.3) is 0 Å². The van der Waals surface area contributed by atoms with E-state index in [0.29, 0.717) is 25.0 Å². The number of hydrogen-bond donors (Lipinski definition) is 2. The molecule has 2 bridgehead atoms. The fraction of sp³-hybridized carbons (Fsp3) is 0.800. The van der Waals surface area contributed by atoms with Gasteiger partial charge >= 0.3 is 12.4 Å². The minimum absolute atomic E-state index is 0.123. The van der Waals surface area contributed by atoms with E-state index in [1.54, 1.807) is 33.9 Å². The van der Waals surface area contributed by atoms with E-state index < -0.39 is 42.0 Å². The lowest BCUT2D eigenvalue weighted by molar-refractivity contribution is -0.134. The summed E-state index contributed by atoms with van der Waals surface area (Å²) in [5.74, 6) is 0.171. The lowest BCUT2D eigenvalue weighted by Crippen LogP contribution is -2.52. The second-order valence-electron chi connectivity index (χ2n) is 10.6. The van der Waals surface area contributed by atoms with Gasteiger partial charge in [0, 0.05) is 18.2 Å². The third kappa shape index (κ3) is 5.55. The molecular formula is C20H34N3O6PS. The average molecular weight is 476 g/mol. The van der Waals surface area contributed by atoms with E-state index in [-0.39, 0.29) is 11.2 Å². The molecule has 3 rings (SSSR count). The molecule has 3 heterocycles. The molecule has 2 aliphatic rings. The molecule has 2 saturated heterocycles. The smallest absolute Gasteiger partial charge is 0.351 e. The summed E-state index contributed by atoms with van der Waals surface area (Å²) in [7, 11) is 0. The summed E-state index contributed by atoms with van der Waals surface area (Å²) in [5, 5.41) is 0. The Balaban J connectivity index is 2.04. The number of ether oxygens (including phenoxy) is 2. The largest absolute Gasteiger partial charge is 0.383 e. The van der Waals surface area contributed by atoms with Crippen LogP contribution in [0.25, 0.3) is 0 Å². The van der Waals surface area contributed by atoms with Crippen molar-refractivity contribution < 1.29 is 23.4 Å². The van der Waals surface area contributed by atoms with Gasteiger partial charge in [0.15, 0.2) is 6.23 Å². The third-order valence-corrected chi connectivity index (χ3v) is 6.96. The Hall–Kier alpha value is -0.870. The van der Waals surface area contributed by atoms with Crippen molar-refractivity contribution in [2.24, 2.45) is 5.41 Å². The number of nitrogen functional groups attached to an aromatic ring is 1. The maximum absolute atomic E-state index is 12.6. The number of nitrogens with two attached hydrogens (primary N) is 1. The van der Waals surface area contributed by atoms with Crippen LogP contribution in [0.4, 0.5) is 5.82 Å². The van der Waals surface area contributed by atoms with Gasteiger partial charge in [-0.1, -0.05) is 20.8 Å². The minimum Gasteiger partial charge on any atom is -0.383 e. The first-order valence-electron chi connectivity index (χ1n) is 10.4. The average Bonchev–Trinajstić information content (AvgIpc) is 2.70. The van der Waals surface area contributed by atoms with Crippen molar-refractivity contribution in [3.8, 4) is 0 Å². The first-order valence-corrected chi connectivity index (χ1v) is 13.0. The number of rotatable bonds is 5. The van der Waals surface area contributed by atoms with Crippen LogP contribution in [0.5, 0.6) is 0 Å². The molecule has 2 fully saturated rings. The van der Waals surface area contributed by atoms with E-state index in [2.05, 4.69) is 25.8 Å². The Bertz CT molecular complexity index is 940. The van der Waals surface area contributed by atoms with Crippen LogP contribution in [0.2, 0.25) is 0 Å². The first-order chi connectivity index (χ1) is 14.0. The van der Waals surface area contributed by atoms with Gasteiger partial charge in [-0.05, 0) is 51.3 Å². The molecule has 1 aromatic heterocycles. The molecule has 2 unspecified atom stereocenters. The highest BCUT2D eigenvalue weighted by molar-refractivity contribution is 8.07. The van der Waals surface area contributed by atoms with E-state index in [4.69, 9.17) is 36.1 Å². The zero-order valence-corrected chi connectivity index (χ0v) is 21.0. The van der Waals surface area contributed by atoms with E-state index in [1.165, 1.54) is 4.57 Å². The minimum atomic E-state index is -3.62. The highest BCUT2D eigenvalue weighted by Crippen LogP contribution is 2.57. The summed E-state index contributed by atoms with van der Waals surface area (Å²) in [5.41, 5.74) is 4.28. The number of hydrogen-bond acceptors (Lipinski definition) is 8. The Kier molecular flexibility index (Phi) is 6.52. The molecule has 2 aliphatic heterocycles. The molecule has 31 heavy (non-hydrogen) atoms. The van der Waals surface area contributed by atoms with E-state index in [0.717, 1.165) is 0 Å². The standard InChI is InChI=1S/C20H34N3O6PS/c1-12-10-23(17(24)22-15(12)21)16-13-14(28-30(25,31)29-19(5,6)7)20(27-16,8-9-26-13)11-18(2,3)4/h10,13-14,16H,8-9,11H2,1-7H3,(H,25,31)(H2,21,22,24)/t13-,14?,16+,20+,30?/m0/s1. The van der Waals surface area contributed by atoms with Gasteiger partial charge in [-0.25, -0.2) is 4.79 Å². The quantitative estimate of drug-likeness (QED) is 0.620. The van der Waals surface area contributed by atoms with Crippen LogP contribution in [-0.4, -0.2) is 44.5 Å². The van der Waals surface area contributed by atoms with Gasteiger partial charge in [-0.2, -0.15) is 4.98 Å². The lowest BCUT2D eigenvalue weighted by Gasteiger charge is -2.43. The maximum atomic E-state index is 12.6. The summed E-state index contributed by atoms with van der Waals surface area (Å²) in [6, 6.07) is 0. The van der Waals surface area contributed by atoms with Crippen LogP contribution in [0.3, 0.4) is 0 Å². The molecule has 0 amide bonds. The fourth-order valence-corrected chi connectivity index (χ4v) is 6.62. The van der Waals surface area contributed by atoms with Crippen LogP contribution in [0.15, 0.2) is 11.0 Å². The van der Waals surface area contributed by atoms with Crippen molar-refractivity contribution in [2.75, 3.05) is 12.3 Å². The first kappa shape index (κ1) is 24.8. The van der Waals surface area contributed by atoms with E-state index >= 15 is 0 Å². The third-order valence-electron chi connectivity index (χ3n) is 5.20. The summed E-state index contributed by atoms with van der Waals surface area (Å²) in [6.45, 7) is 10.3. The maximum Gasteiger partial charge on any atom is 0.351 e. The van der Waals surface area contributed by atoms with Gasteiger partial charge in [-0.3, -0.25) is 9.09 Å². The molecule has 3 N–H and O–H groups in total. The number of aryl methyl sites for hydroxylation is 1. The molecule has 0 saturated carbocycles. The monoisotopic (exact) mass is 475 g/mol. The van der Waals surface area contributed by atoms with Crippen LogP contribution >= 0.6 is 6.72 Å². The molecule has 5 atom stereocenters. The van der Waals surface area contributed by atoms with Crippen molar-refractivity contribution in [3.05, 3.63) is 22.2 Å². The zero-order valence-electron chi connectivity index (χ0n) is 19.2. The van der Waals surface area contributed by atoms with E-state index in [1.807, 2.05) is 0 Å². The molecule has 1 aromatic rings. The second kappa shape index (κ2) is 8.17. The Morgan fingerprint density at radius 1 is 1.39 bits per heavy atom. The Morgan fingerprint density at radius 2 is 2.03 bits per heavy atom. The number of anilines is 1.